The van der Waals surface area contributed by atoms with Crippen molar-refractivity contribution in [2.75, 3.05) is 20.6 Å². The van der Waals surface area contributed by atoms with Crippen LogP contribution in [0.4, 0.5) is 0 Å². The van der Waals surface area contributed by atoms with Crippen molar-refractivity contribution in [2.24, 2.45) is 5.92 Å². The molecule has 0 aliphatic rings. The molecule has 2 aromatic rings. The van der Waals surface area contributed by atoms with Crippen molar-refractivity contribution in [3.63, 3.8) is 0 Å². The summed E-state index contributed by atoms with van der Waals surface area (Å²) in [7, 11) is 4.07. The second kappa shape index (κ2) is 8.32. The lowest BCUT2D eigenvalue weighted by Crippen LogP contribution is -2.36. The molecule has 25 heavy (non-hydrogen) atoms. The summed E-state index contributed by atoms with van der Waals surface area (Å²) in [6.45, 7) is 4.92. The maximum Gasteiger partial charge on any atom is 0.115 e. The van der Waals surface area contributed by atoms with Gasteiger partial charge in [-0.2, -0.15) is 0 Å². The Morgan fingerprint density at radius 1 is 1.12 bits per heavy atom. The molecule has 134 valence electrons. The molecular weight excluding hydrogens is 310 g/mol. The van der Waals surface area contributed by atoms with Crippen molar-refractivity contribution in [1.29, 1.82) is 0 Å². The first kappa shape index (κ1) is 19.2. The topological polar surface area (TPSA) is 43.7 Å². The number of hydrogen-bond acceptors (Lipinski definition) is 3. The van der Waals surface area contributed by atoms with Gasteiger partial charge < -0.3 is 15.1 Å². The quantitative estimate of drug-likeness (QED) is 0.792. The van der Waals surface area contributed by atoms with Crippen LogP contribution in [0.15, 0.2) is 60.2 Å². The van der Waals surface area contributed by atoms with E-state index in [1.54, 1.807) is 18.2 Å². The fraction of sp³-hybridized carbons (Fsp3) is 0.364. The van der Waals surface area contributed by atoms with E-state index in [0.29, 0.717) is 0 Å². The van der Waals surface area contributed by atoms with E-state index in [9.17, 15) is 10.2 Å². The fourth-order valence-corrected chi connectivity index (χ4v) is 3.21. The van der Waals surface area contributed by atoms with Crippen LogP contribution >= 0.6 is 0 Å². The van der Waals surface area contributed by atoms with Crippen molar-refractivity contribution in [1.82, 2.24) is 4.90 Å². The molecule has 0 saturated carbocycles. The zero-order chi connectivity index (χ0) is 18.4. The first-order valence-corrected chi connectivity index (χ1v) is 8.74. The number of hydrogen-bond donors (Lipinski definition) is 2. The van der Waals surface area contributed by atoms with Crippen molar-refractivity contribution in [3.8, 4) is 5.75 Å². The van der Waals surface area contributed by atoms with Crippen LogP contribution in [-0.2, 0) is 5.60 Å². The van der Waals surface area contributed by atoms with Crippen molar-refractivity contribution in [2.45, 2.75) is 25.9 Å². The summed E-state index contributed by atoms with van der Waals surface area (Å²) in [4.78, 5) is 2.12. The van der Waals surface area contributed by atoms with Crippen LogP contribution in [0.2, 0.25) is 0 Å². The third kappa shape index (κ3) is 4.71. The van der Waals surface area contributed by atoms with Gasteiger partial charge in [-0.05, 0) is 68.7 Å². The summed E-state index contributed by atoms with van der Waals surface area (Å²) in [5, 5.41) is 21.6. The fourth-order valence-electron chi connectivity index (χ4n) is 3.21. The smallest absolute Gasteiger partial charge is 0.115 e. The molecule has 0 saturated heterocycles. The number of rotatable bonds is 7. The number of phenols is 1. The maximum atomic E-state index is 11.7. The van der Waals surface area contributed by atoms with Crippen molar-refractivity contribution < 1.29 is 10.2 Å². The first-order chi connectivity index (χ1) is 11.8. The standard InChI is InChI=1S/C22H29NO2/c1-17(13-14-23(3)4)22(25,20-11-8-12-21(24)16-20)18(2)15-19-9-6-5-7-10-19/h5-12,15-17,24-25H,13-14H2,1-4H3. The third-order valence-corrected chi connectivity index (χ3v) is 4.79. The number of aliphatic hydroxyl groups is 1. The predicted molar refractivity (Wildman–Crippen MR) is 104 cm³/mol. The van der Waals surface area contributed by atoms with Crippen molar-refractivity contribution >= 4 is 6.08 Å². The SMILES string of the molecule is CC(=Cc1ccccc1)C(O)(c1cccc(O)c1)C(C)CCN(C)C. The largest absolute Gasteiger partial charge is 0.508 e. The lowest BCUT2D eigenvalue weighted by atomic mass is 9.75. The van der Waals surface area contributed by atoms with E-state index in [-0.39, 0.29) is 11.7 Å². The second-order valence-corrected chi connectivity index (χ2v) is 7.05. The Bertz CT molecular complexity index is 709. The molecule has 2 unspecified atom stereocenters. The molecule has 3 heteroatoms. The van der Waals surface area contributed by atoms with Crippen LogP contribution in [0, 0.1) is 5.92 Å². The lowest BCUT2D eigenvalue weighted by molar-refractivity contribution is 0.0145. The highest BCUT2D eigenvalue weighted by molar-refractivity contribution is 5.56. The molecule has 2 N–H and O–H groups in total. The molecule has 0 heterocycles. The summed E-state index contributed by atoms with van der Waals surface area (Å²) in [5.41, 5.74) is 1.52. The van der Waals surface area contributed by atoms with E-state index in [4.69, 9.17) is 0 Å². The van der Waals surface area contributed by atoms with Crippen LogP contribution in [0.1, 0.15) is 31.4 Å². The van der Waals surface area contributed by atoms with Gasteiger partial charge in [-0.3, -0.25) is 0 Å². The normalized spacial score (nSPS) is 15.8. The van der Waals surface area contributed by atoms with E-state index < -0.39 is 5.60 Å². The molecule has 0 bridgehead atoms. The van der Waals surface area contributed by atoms with Gasteiger partial charge in [-0.1, -0.05) is 55.5 Å². The molecule has 0 aliphatic carbocycles. The molecule has 0 aliphatic heterocycles. The molecule has 0 amide bonds. The highest BCUT2D eigenvalue weighted by Crippen LogP contribution is 2.40. The van der Waals surface area contributed by atoms with Gasteiger partial charge in [0.05, 0.1) is 0 Å². The van der Waals surface area contributed by atoms with Crippen LogP contribution < -0.4 is 0 Å². The van der Waals surface area contributed by atoms with Crippen LogP contribution in [-0.4, -0.2) is 35.8 Å². The number of phenolic OH excluding ortho intramolecular Hbond substituents is 1. The minimum Gasteiger partial charge on any atom is -0.508 e. The highest BCUT2D eigenvalue weighted by atomic mass is 16.3. The second-order valence-electron chi connectivity index (χ2n) is 7.05. The molecule has 2 atom stereocenters. The van der Waals surface area contributed by atoms with Crippen LogP contribution in [0.25, 0.3) is 6.08 Å². The van der Waals surface area contributed by atoms with Gasteiger partial charge in [-0.15, -0.1) is 0 Å². The van der Waals surface area contributed by atoms with E-state index in [0.717, 1.165) is 29.7 Å². The molecule has 0 radical (unpaired) electrons. The molecule has 0 spiro atoms. The molecular formula is C22H29NO2. The maximum absolute atomic E-state index is 11.7. The van der Waals surface area contributed by atoms with Gasteiger partial charge in [0, 0.05) is 0 Å². The summed E-state index contributed by atoms with van der Waals surface area (Å²) in [6, 6.07) is 17.0. The summed E-state index contributed by atoms with van der Waals surface area (Å²) < 4.78 is 0. The lowest BCUT2D eigenvalue weighted by Gasteiger charge is -2.37. The Hall–Kier alpha value is -2.10. The summed E-state index contributed by atoms with van der Waals surface area (Å²) >= 11 is 0. The van der Waals surface area contributed by atoms with Gasteiger partial charge in [0.1, 0.15) is 11.4 Å². The van der Waals surface area contributed by atoms with Crippen LogP contribution in [0.5, 0.6) is 5.75 Å². The van der Waals surface area contributed by atoms with Crippen LogP contribution in [0.3, 0.4) is 0 Å². The Balaban J connectivity index is 2.46. The Morgan fingerprint density at radius 3 is 2.40 bits per heavy atom. The minimum atomic E-state index is -1.13. The van der Waals surface area contributed by atoms with E-state index in [1.807, 2.05) is 63.5 Å². The predicted octanol–water partition coefficient (Wildman–Crippen LogP) is 4.27. The van der Waals surface area contributed by atoms with Gasteiger partial charge in [0.2, 0.25) is 0 Å². The first-order valence-electron chi connectivity index (χ1n) is 8.74. The molecule has 2 rings (SSSR count). The molecule has 0 fully saturated rings. The Kier molecular flexibility index (Phi) is 6.40. The van der Waals surface area contributed by atoms with Gasteiger partial charge in [0.25, 0.3) is 0 Å². The highest BCUT2D eigenvalue weighted by Gasteiger charge is 2.37. The van der Waals surface area contributed by atoms with Gasteiger partial charge >= 0.3 is 0 Å². The zero-order valence-corrected chi connectivity index (χ0v) is 15.6. The molecule has 0 aromatic heterocycles. The molecule has 3 nitrogen and oxygen atoms in total. The zero-order valence-electron chi connectivity index (χ0n) is 15.6. The average molecular weight is 339 g/mol. The number of aromatic hydroxyl groups is 1. The molecule has 2 aromatic carbocycles. The van der Waals surface area contributed by atoms with E-state index in [1.165, 1.54) is 0 Å². The van der Waals surface area contributed by atoms with Gasteiger partial charge in [-0.25, -0.2) is 0 Å². The van der Waals surface area contributed by atoms with E-state index in [2.05, 4.69) is 11.8 Å². The monoisotopic (exact) mass is 339 g/mol. The van der Waals surface area contributed by atoms with Crippen molar-refractivity contribution in [3.05, 3.63) is 71.3 Å². The Labute approximate surface area is 151 Å². The number of benzene rings is 2. The Morgan fingerprint density at radius 2 is 1.80 bits per heavy atom. The number of nitrogens with zero attached hydrogens (tertiary/aromatic N) is 1. The average Bonchev–Trinajstić information content (AvgIpc) is 2.59. The summed E-state index contributed by atoms with van der Waals surface area (Å²) in [5.74, 6) is 0.167. The van der Waals surface area contributed by atoms with E-state index >= 15 is 0 Å². The minimum absolute atomic E-state index is 0.00309. The summed E-state index contributed by atoms with van der Waals surface area (Å²) in [6.07, 6.45) is 2.87. The third-order valence-electron chi connectivity index (χ3n) is 4.79. The van der Waals surface area contributed by atoms with Gasteiger partial charge in [0.15, 0.2) is 0 Å².